The largest absolute Gasteiger partial charge is 0.508 e. The predicted molar refractivity (Wildman–Crippen MR) is 79.4 cm³/mol. The van der Waals surface area contributed by atoms with E-state index in [2.05, 4.69) is 13.8 Å². The summed E-state index contributed by atoms with van der Waals surface area (Å²) < 4.78 is 0. The van der Waals surface area contributed by atoms with Crippen LogP contribution in [0.2, 0.25) is 0 Å². The molecule has 3 unspecified atom stereocenters. The van der Waals surface area contributed by atoms with Crippen LogP contribution in [-0.4, -0.2) is 34.5 Å². The molecule has 1 heterocycles. The van der Waals surface area contributed by atoms with Crippen molar-refractivity contribution in [2.24, 2.45) is 11.7 Å². The Bertz CT molecular complexity index is 458. The summed E-state index contributed by atoms with van der Waals surface area (Å²) in [5.74, 6) is 0.804. The number of aromatic hydroxyl groups is 1. The van der Waals surface area contributed by atoms with Crippen molar-refractivity contribution in [2.45, 2.75) is 45.2 Å². The molecule has 1 aliphatic heterocycles. The van der Waals surface area contributed by atoms with E-state index in [1.807, 2.05) is 17.0 Å². The minimum absolute atomic E-state index is 0.0390. The van der Waals surface area contributed by atoms with Crippen molar-refractivity contribution >= 4 is 5.91 Å². The predicted octanol–water partition coefficient (Wildman–Crippen LogP) is 1.91. The molecule has 20 heavy (non-hydrogen) atoms. The number of piperidine rings is 1. The first-order chi connectivity index (χ1) is 9.49. The molecule has 0 aromatic heterocycles. The molecule has 1 aliphatic rings. The number of phenols is 1. The van der Waals surface area contributed by atoms with Crippen molar-refractivity contribution < 1.29 is 9.90 Å². The number of likely N-dealkylation sites (tertiary alicyclic amines) is 1. The fourth-order valence-corrected chi connectivity index (χ4v) is 2.83. The van der Waals surface area contributed by atoms with Gasteiger partial charge in [0.25, 0.3) is 0 Å². The molecule has 4 heteroatoms. The Morgan fingerprint density at radius 3 is 2.70 bits per heavy atom. The zero-order chi connectivity index (χ0) is 14.7. The molecule has 1 fully saturated rings. The third kappa shape index (κ3) is 3.31. The Morgan fingerprint density at radius 2 is 2.05 bits per heavy atom. The lowest BCUT2D eigenvalue weighted by molar-refractivity contribution is -0.137. The minimum Gasteiger partial charge on any atom is -0.508 e. The van der Waals surface area contributed by atoms with Crippen LogP contribution in [0.1, 0.15) is 32.3 Å². The summed E-state index contributed by atoms with van der Waals surface area (Å²) in [5, 5.41) is 9.26. The molecular formula is C16H24N2O2. The fraction of sp³-hybridized carbons (Fsp3) is 0.562. The van der Waals surface area contributed by atoms with E-state index in [9.17, 15) is 9.90 Å². The van der Waals surface area contributed by atoms with Crippen LogP contribution in [0, 0.1) is 5.92 Å². The van der Waals surface area contributed by atoms with E-state index >= 15 is 0 Å². The number of nitrogens with zero attached hydrogens (tertiary/aromatic N) is 1. The van der Waals surface area contributed by atoms with Crippen LogP contribution in [-0.2, 0) is 11.2 Å². The molecule has 1 amide bonds. The lowest BCUT2D eigenvalue weighted by Gasteiger charge is -2.39. The molecule has 0 saturated carbocycles. The zero-order valence-corrected chi connectivity index (χ0v) is 12.2. The lowest BCUT2D eigenvalue weighted by atomic mass is 9.91. The number of carbonyl (C=O) groups excluding carboxylic acids is 1. The SMILES string of the molecule is CC1CCCN(C(=O)C(N)Cc2ccc(O)cc2)C1C. The summed E-state index contributed by atoms with van der Waals surface area (Å²) in [5.41, 5.74) is 7.05. The summed E-state index contributed by atoms with van der Waals surface area (Å²) in [6.07, 6.45) is 2.75. The topological polar surface area (TPSA) is 66.6 Å². The highest BCUT2D eigenvalue weighted by Gasteiger charge is 2.31. The molecular weight excluding hydrogens is 252 g/mol. The van der Waals surface area contributed by atoms with Crippen LogP contribution in [0.4, 0.5) is 0 Å². The zero-order valence-electron chi connectivity index (χ0n) is 12.2. The van der Waals surface area contributed by atoms with Gasteiger partial charge in [0.15, 0.2) is 0 Å². The molecule has 0 bridgehead atoms. The van der Waals surface area contributed by atoms with E-state index in [-0.39, 0.29) is 17.7 Å². The normalized spacial score (nSPS) is 24.4. The van der Waals surface area contributed by atoms with Crippen molar-refractivity contribution in [3.8, 4) is 5.75 Å². The quantitative estimate of drug-likeness (QED) is 0.886. The van der Waals surface area contributed by atoms with Crippen molar-refractivity contribution in [1.29, 1.82) is 0 Å². The molecule has 2 rings (SSSR count). The highest BCUT2D eigenvalue weighted by atomic mass is 16.3. The van der Waals surface area contributed by atoms with Gasteiger partial charge in [0.1, 0.15) is 5.75 Å². The van der Waals surface area contributed by atoms with Gasteiger partial charge in [-0.1, -0.05) is 19.1 Å². The van der Waals surface area contributed by atoms with Crippen LogP contribution in [0.15, 0.2) is 24.3 Å². The summed E-state index contributed by atoms with van der Waals surface area (Å²) in [4.78, 5) is 14.4. The number of hydrogen-bond donors (Lipinski definition) is 2. The van der Waals surface area contributed by atoms with Gasteiger partial charge < -0.3 is 15.7 Å². The number of hydrogen-bond acceptors (Lipinski definition) is 3. The molecule has 0 radical (unpaired) electrons. The average molecular weight is 276 g/mol. The van der Waals surface area contributed by atoms with Gasteiger partial charge in [0, 0.05) is 12.6 Å². The van der Waals surface area contributed by atoms with Crippen molar-refractivity contribution in [3.63, 3.8) is 0 Å². The third-order valence-corrected chi connectivity index (χ3v) is 4.37. The van der Waals surface area contributed by atoms with Crippen LogP contribution in [0.3, 0.4) is 0 Å². The first-order valence-corrected chi connectivity index (χ1v) is 7.33. The highest BCUT2D eigenvalue weighted by molar-refractivity contribution is 5.82. The Morgan fingerprint density at radius 1 is 1.40 bits per heavy atom. The Balaban J connectivity index is 1.99. The van der Waals surface area contributed by atoms with Crippen molar-refractivity contribution in [1.82, 2.24) is 4.90 Å². The van der Waals surface area contributed by atoms with E-state index in [0.29, 0.717) is 12.3 Å². The van der Waals surface area contributed by atoms with Gasteiger partial charge in [-0.3, -0.25) is 4.79 Å². The number of amides is 1. The Kier molecular flexibility index (Phi) is 4.65. The van der Waals surface area contributed by atoms with Gasteiger partial charge in [-0.25, -0.2) is 0 Å². The second-order valence-corrected chi connectivity index (χ2v) is 5.87. The van der Waals surface area contributed by atoms with E-state index in [1.165, 1.54) is 6.42 Å². The Labute approximate surface area is 120 Å². The molecule has 1 aromatic rings. The van der Waals surface area contributed by atoms with E-state index in [4.69, 9.17) is 5.73 Å². The molecule has 0 aliphatic carbocycles. The van der Waals surface area contributed by atoms with Gasteiger partial charge in [-0.05, 0) is 49.8 Å². The van der Waals surface area contributed by atoms with Crippen LogP contribution in [0.25, 0.3) is 0 Å². The first-order valence-electron chi connectivity index (χ1n) is 7.33. The maximum absolute atomic E-state index is 12.5. The number of nitrogens with two attached hydrogens (primary N) is 1. The number of carbonyl (C=O) groups is 1. The minimum atomic E-state index is -0.507. The summed E-state index contributed by atoms with van der Waals surface area (Å²) in [6.45, 7) is 5.11. The monoisotopic (exact) mass is 276 g/mol. The van der Waals surface area contributed by atoms with Crippen molar-refractivity contribution in [3.05, 3.63) is 29.8 Å². The third-order valence-electron chi connectivity index (χ3n) is 4.37. The molecule has 0 spiro atoms. The van der Waals surface area contributed by atoms with Gasteiger partial charge in [-0.2, -0.15) is 0 Å². The standard InChI is InChI=1S/C16H24N2O2/c1-11-4-3-9-18(12(11)2)16(20)15(17)10-13-5-7-14(19)8-6-13/h5-8,11-12,15,19H,3-4,9-10,17H2,1-2H3. The first kappa shape index (κ1) is 14.9. The van der Waals surface area contributed by atoms with Gasteiger partial charge in [-0.15, -0.1) is 0 Å². The van der Waals surface area contributed by atoms with Crippen LogP contribution >= 0.6 is 0 Å². The smallest absolute Gasteiger partial charge is 0.240 e. The second-order valence-electron chi connectivity index (χ2n) is 5.87. The van der Waals surface area contributed by atoms with Crippen LogP contribution < -0.4 is 5.73 Å². The maximum Gasteiger partial charge on any atom is 0.240 e. The molecule has 3 N–H and O–H groups in total. The van der Waals surface area contributed by atoms with Gasteiger partial charge in [0.05, 0.1) is 6.04 Å². The van der Waals surface area contributed by atoms with Gasteiger partial charge in [0.2, 0.25) is 5.91 Å². The molecule has 1 aromatic carbocycles. The van der Waals surface area contributed by atoms with Crippen LogP contribution in [0.5, 0.6) is 5.75 Å². The molecule has 4 nitrogen and oxygen atoms in total. The maximum atomic E-state index is 12.5. The van der Waals surface area contributed by atoms with E-state index < -0.39 is 6.04 Å². The summed E-state index contributed by atoms with van der Waals surface area (Å²) >= 11 is 0. The molecule has 3 atom stereocenters. The molecule has 1 saturated heterocycles. The van der Waals surface area contributed by atoms with Gasteiger partial charge >= 0.3 is 0 Å². The average Bonchev–Trinajstić information content (AvgIpc) is 2.43. The number of phenolic OH excluding ortho intramolecular Hbond substituents is 1. The van der Waals surface area contributed by atoms with E-state index in [0.717, 1.165) is 18.5 Å². The van der Waals surface area contributed by atoms with E-state index in [1.54, 1.807) is 12.1 Å². The highest BCUT2D eigenvalue weighted by Crippen LogP contribution is 2.23. The summed E-state index contributed by atoms with van der Waals surface area (Å²) in [6, 6.07) is 6.63. The van der Waals surface area contributed by atoms with Crippen molar-refractivity contribution in [2.75, 3.05) is 6.54 Å². The lowest BCUT2D eigenvalue weighted by Crippen LogP contribution is -2.52. The fourth-order valence-electron chi connectivity index (χ4n) is 2.83. The Hall–Kier alpha value is -1.55. The summed E-state index contributed by atoms with van der Waals surface area (Å²) in [7, 11) is 0. The second kappa shape index (κ2) is 6.27. The molecule has 110 valence electrons. The number of benzene rings is 1. The number of rotatable bonds is 3.